The standard InChI is InChI=1S/C27H38ClN3O4S/c1-7-24(27(33)29-19(2)3)30(18-22-11-8-9-12-23(22)28)26(32)13-10-16-31(36(6,34)35)25-17-20(4)14-15-21(25)5/h8-9,11-12,14-15,17,19,24H,7,10,13,16,18H2,1-6H3,(H,29,33). The Labute approximate surface area is 220 Å². The summed E-state index contributed by atoms with van der Waals surface area (Å²) in [4.78, 5) is 28.0. The van der Waals surface area contributed by atoms with Crippen molar-refractivity contribution in [2.24, 2.45) is 0 Å². The quantitative estimate of drug-likeness (QED) is 0.421. The monoisotopic (exact) mass is 535 g/mol. The van der Waals surface area contributed by atoms with Crippen molar-refractivity contribution >= 4 is 39.1 Å². The number of carbonyl (C=O) groups is 2. The summed E-state index contributed by atoms with van der Waals surface area (Å²) in [5.41, 5.74) is 3.15. The molecule has 0 aromatic heterocycles. The largest absolute Gasteiger partial charge is 0.352 e. The number of carbonyl (C=O) groups excluding carboxylic acids is 2. The topological polar surface area (TPSA) is 86.8 Å². The predicted octanol–water partition coefficient (Wildman–Crippen LogP) is 4.84. The van der Waals surface area contributed by atoms with E-state index in [1.807, 2.05) is 71.0 Å². The molecule has 1 atom stereocenters. The second-order valence-electron chi connectivity index (χ2n) is 9.43. The highest BCUT2D eigenvalue weighted by molar-refractivity contribution is 7.92. The lowest BCUT2D eigenvalue weighted by Gasteiger charge is -2.32. The Balaban J connectivity index is 2.26. The van der Waals surface area contributed by atoms with Crippen LogP contribution >= 0.6 is 11.6 Å². The third-order valence-corrected chi connectivity index (χ3v) is 7.45. The van der Waals surface area contributed by atoms with Crippen LogP contribution in [0.1, 0.15) is 56.7 Å². The summed E-state index contributed by atoms with van der Waals surface area (Å²) in [5, 5.41) is 3.42. The van der Waals surface area contributed by atoms with E-state index >= 15 is 0 Å². The average Bonchev–Trinajstić information content (AvgIpc) is 2.78. The first-order chi connectivity index (χ1) is 16.8. The molecule has 0 fully saturated rings. The normalized spacial score (nSPS) is 12.3. The van der Waals surface area contributed by atoms with Crippen LogP contribution in [0.3, 0.4) is 0 Å². The molecule has 2 aromatic rings. The minimum Gasteiger partial charge on any atom is -0.352 e. The molecule has 0 aliphatic heterocycles. The fraction of sp³-hybridized carbons (Fsp3) is 0.481. The van der Waals surface area contributed by atoms with Gasteiger partial charge in [0, 0.05) is 30.6 Å². The number of amides is 2. The maximum atomic E-state index is 13.5. The smallest absolute Gasteiger partial charge is 0.243 e. The van der Waals surface area contributed by atoms with Crippen LogP contribution in [-0.4, -0.2) is 50.0 Å². The van der Waals surface area contributed by atoms with Crippen molar-refractivity contribution in [1.29, 1.82) is 0 Å². The number of aryl methyl sites for hydroxylation is 2. The molecule has 2 aromatic carbocycles. The van der Waals surface area contributed by atoms with Gasteiger partial charge in [0.2, 0.25) is 21.8 Å². The molecule has 198 valence electrons. The van der Waals surface area contributed by atoms with Crippen LogP contribution in [0.2, 0.25) is 5.02 Å². The van der Waals surface area contributed by atoms with Crippen molar-refractivity contribution in [3.05, 3.63) is 64.2 Å². The maximum Gasteiger partial charge on any atom is 0.243 e. The number of nitrogens with one attached hydrogen (secondary N) is 1. The third-order valence-electron chi connectivity index (χ3n) is 5.90. The van der Waals surface area contributed by atoms with Crippen molar-refractivity contribution in [3.8, 4) is 0 Å². The van der Waals surface area contributed by atoms with Crippen molar-refractivity contribution in [1.82, 2.24) is 10.2 Å². The second-order valence-corrected chi connectivity index (χ2v) is 11.7. The molecule has 36 heavy (non-hydrogen) atoms. The van der Waals surface area contributed by atoms with Crippen molar-refractivity contribution in [2.75, 3.05) is 17.1 Å². The van der Waals surface area contributed by atoms with Gasteiger partial charge in [0.25, 0.3) is 0 Å². The van der Waals surface area contributed by atoms with Gasteiger partial charge in [-0.05, 0) is 69.4 Å². The van der Waals surface area contributed by atoms with Crippen LogP contribution in [0, 0.1) is 13.8 Å². The summed E-state index contributed by atoms with van der Waals surface area (Å²) in [7, 11) is -3.55. The van der Waals surface area contributed by atoms with E-state index < -0.39 is 16.1 Å². The van der Waals surface area contributed by atoms with Gasteiger partial charge in [-0.15, -0.1) is 0 Å². The number of anilines is 1. The summed E-state index contributed by atoms with van der Waals surface area (Å²) in [6.45, 7) is 9.73. The highest BCUT2D eigenvalue weighted by Gasteiger charge is 2.29. The number of rotatable bonds is 12. The molecule has 2 amide bonds. The van der Waals surface area contributed by atoms with Crippen LogP contribution in [0.25, 0.3) is 0 Å². The molecule has 1 N–H and O–H groups in total. The summed E-state index contributed by atoms with van der Waals surface area (Å²) < 4.78 is 26.5. The fourth-order valence-electron chi connectivity index (χ4n) is 4.08. The summed E-state index contributed by atoms with van der Waals surface area (Å²) >= 11 is 6.36. The maximum absolute atomic E-state index is 13.5. The Morgan fingerprint density at radius 3 is 2.33 bits per heavy atom. The predicted molar refractivity (Wildman–Crippen MR) is 147 cm³/mol. The zero-order chi connectivity index (χ0) is 27.0. The molecule has 0 saturated carbocycles. The van der Waals surface area contributed by atoms with Gasteiger partial charge in [-0.1, -0.05) is 48.9 Å². The summed E-state index contributed by atoms with van der Waals surface area (Å²) in [6.07, 6.45) is 2.00. The Morgan fingerprint density at radius 1 is 1.08 bits per heavy atom. The van der Waals surface area contributed by atoms with Crippen molar-refractivity contribution < 1.29 is 18.0 Å². The third kappa shape index (κ3) is 8.23. The van der Waals surface area contributed by atoms with Gasteiger partial charge in [-0.3, -0.25) is 13.9 Å². The molecular weight excluding hydrogens is 498 g/mol. The molecule has 0 aliphatic rings. The van der Waals surface area contributed by atoms with Crippen LogP contribution in [0.4, 0.5) is 5.69 Å². The van der Waals surface area contributed by atoms with Gasteiger partial charge in [-0.25, -0.2) is 8.42 Å². The minimum atomic E-state index is -3.55. The first kappa shape index (κ1) is 29.6. The molecule has 0 spiro atoms. The lowest BCUT2D eigenvalue weighted by atomic mass is 10.1. The van der Waals surface area contributed by atoms with E-state index in [1.165, 1.54) is 10.6 Å². The number of benzene rings is 2. The summed E-state index contributed by atoms with van der Waals surface area (Å²) in [5.74, 6) is -0.448. The Morgan fingerprint density at radius 2 is 1.75 bits per heavy atom. The average molecular weight is 536 g/mol. The van der Waals surface area contributed by atoms with Crippen molar-refractivity contribution in [3.63, 3.8) is 0 Å². The SMILES string of the molecule is CCC(C(=O)NC(C)C)N(Cc1ccccc1Cl)C(=O)CCCN(c1cc(C)ccc1C)S(C)(=O)=O. The highest BCUT2D eigenvalue weighted by atomic mass is 35.5. The van der Waals surface area contributed by atoms with E-state index in [0.29, 0.717) is 23.6 Å². The fourth-order valence-corrected chi connectivity index (χ4v) is 5.29. The molecular formula is C27H38ClN3O4S. The number of nitrogens with zero attached hydrogens (tertiary/aromatic N) is 2. The molecule has 0 radical (unpaired) electrons. The Hall–Kier alpha value is -2.58. The minimum absolute atomic E-state index is 0.0651. The van der Waals surface area contributed by atoms with E-state index in [9.17, 15) is 18.0 Å². The molecule has 0 bridgehead atoms. The van der Waals surface area contributed by atoms with Gasteiger partial charge >= 0.3 is 0 Å². The van der Waals surface area contributed by atoms with Gasteiger partial charge in [-0.2, -0.15) is 0 Å². The second kappa shape index (κ2) is 13.1. The Kier molecular flexibility index (Phi) is 10.8. The molecule has 0 heterocycles. The van der Waals surface area contributed by atoms with E-state index in [0.717, 1.165) is 16.7 Å². The molecule has 1 unspecified atom stereocenters. The highest BCUT2D eigenvalue weighted by Crippen LogP contribution is 2.25. The number of sulfonamides is 1. The van der Waals surface area contributed by atoms with Gasteiger partial charge in [0.15, 0.2) is 0 Å². The lowest BCUT2D eigenvalue weighted by molar-refractivity contribution is -0.141. The number of halogens is 1. The van der Waals surface area contributed by atoms with Gasteiger partial charge in [0.1, 0.15) is 6.04 Å². The van der Waals surface area contributed by atoms with E-state index in [4.69, 9.17) is 11.6 Å². The van der Waals surface area contributed by atoms with E-state index in [-0.39, 0.29) is 37.4 Å². The molecule has 7 nitrogen and oxygen atoms in total. The van der Waals surface area contributed by atoms with E-state index in [2.05, 4.69) is 5.32 Å². The van der Waals surface area contributed by atoms with Crippen LogP contribution in [0.5, 0.6) is 0 Å². The molecule has 9 heteroatoms. The van der Waals surface area contributed by atoms with Crippen LogP contribution in [-0.2, 0) is 26.2 Å². The lowest BCUT2D eigenvalue weighted by Crippen LogP contribution is -2.50. The molecule has 2 rings (SSSR count). The Bertz CT molecular complexity index is 1170. The number of hydrogen-bond acceptors (Lipinski definition) is 4. The zero-order valence-electron chi connectivity index (χ0n) is 22.0. The van der Waals surface area contributed by atoms with Crippen molar-refractivity contribution in [2.45, 2.75) is 72.5 Å². The zero-order valence-corrected chi connectivity index (χ0v) is 23.6. The van der Waals surface area contributed by atoms with Gasteiger partial charge < -0.3 is 10.2 Å². The first-order valence-electron chi connectivity index (χ1n) is 12.2. The van der Waals surface area contributed by atoms with Gasteiger partial charge in [0.05, 0.1) is 11.9 Å². The van der Waals surface area contributed by atoms with E-state index in [1.54, 1.807) is 11.0 Å². The van der Waals surface area contributed by atoms with Crippen LogP contribution in [0.15, 0.2) is 42.5 Å². The first-order valence-corrected chi connectivity index (χ1v) is 14.5. The summed E-state index contributed by atoms with van der Waals surface area (Å²) in [6, 6.07) is 12.2. The van der Waals surface area contributed by atoms with Crippen LogP contribution < -0.4 is 9.62 Å². The molecule has 0 saturated heterocycles. The number of hydrogen-bond donors (Lipinski definition) is 1. The molecule has 0 aliphatic carbocycles.